The number of nitro groups is 1. The van der Waals surface area contributed by atoms with Crippen LogP contribution in [0.4, 0.5) is 16.5 Å². The van der Waals surface area contributed by atoms with Gasteiger partial charge in [0, 0.05) is 49.6 Å². The lowest BCUT2D eigenvalue weighted by molar-refractivity contribution is -0.384. The van der Waals surface area contributed by atoms with Crippen LogP contribution in [0.1, 0.15) is 5.82 Å². The Hall–Kier alpha value is -2.26. The van der Waals surface area contributed by atoms with Crippen LogP contribution in [0.3, 0.4) is 0 Å². The molecule has 2 aromatic rings. The second kappa shape index (κ2) is 7.50. The van der Waals surface area contributed by atoms with Gasteiger partial charge in [-0.2, -0.15) is 4.37 Å². The maximum atomic E-state index is 10.5. The van der Waals surface area contributed by atoms with Gasteiger partial charge in [-0.1, -0.05) is 0 Å². The zero-order valence-electron chi connectivity index (χ0n) is 11.4. The summed E-state index contributed by atoms with van der Waals surface area (Å²) < 4.78 is 9.07. The van der Waals surface area contributed by atoms with Crippen molar-refractivity contribution in [2.75, 3.05) is 30.8 Å². The van der Waals surface area contributed by atoms with E-state index in [2.05, 4.69) is 20.0 Å². The summed E-state index contributed by atoms with van der Waals surface area (Å²) in [5, 5.41) is 17.6. The minimum absolute atomic E-state index is 0.0817. The van der Waals surface area contributed by atoms with Crippen LogP contribution in [0.25, 0.3) is 0 Å². The van der Waals surface area contributed by atoms with Gasteiger partial charge in [-0.3, -0.25) is 10.1 Å². The summed E-state index contributed by atoms with van der Waals surface area (Å²) in [6, 6.07) is 6.30. The summed E-state index contributed by atoms with van der Waals surface area (Å²) in [6.45, 7) is 1.73. The fourth-order valence-corrected chi connectivity index (χ4v) is 2.19. The second-order valence-corrected chi connectivity index (χ2v) is 4.86. The highest BCUT2D eigenvalue weighted by Crippen LogP contribution is 2.15. The van der Waals surface area contributed by atoms with Gasteiger partial charge >= 0.3 is 0 Å². The molecule has 9 heteroatoms. The van der Waals surface area contributed by atoms with Crippen molar-refractivity contribution >= 4 is 28.0 Å². The maximum absolute atomic E-state index is 10.5. The van der Waals surface area contributed by atoms with Crippen LogP contribution in [-0.4, -0.2) is 34.5 Å². The molecule has 0 saturated heterocycles. The van der Waals surface area contributed by atoms with Crippen molar-refractivity contribution in [2.24, 2.45) is 0 Å². The van der Waals surface area contributed by atoms with Gasteiger partial charge < -0.3 is 15.4 Å². The number of non-ortho nitro benzene ring substituents is 1. The van der Waals surface area contributed by atoms with E-state index < -0.39 is 4.92 Å². The molecule has 0 aliphatic heterocycles. The first-order chi connectivity index (χ1) is 10.2. The number of nitrogens with zero attached hydrogens (tertiary/aromatic N) is 3. The van der Waals surface area contributed by atoms with Crippen molar-refractivity contribution in [2.45, 2.75) is 6.61 Å². The third-order valence-corrected chi connectivity index (χ3v) is 3.26. The second-order valence-electron chi connectivity index (χ2n) is 4.11. The normalized spacial score (nSPS) is 10.3. The molecule has 1 heterocycles. The molecule has 8 nitrogen and oxygen atoms in total. The largest absolute Gasteiger partial charge is 0.383 e. The van der Waals surface area contributed by atoms with Gasteiger partial charge in [-0.05, 0) is 12.1 Å². The molecule has 0 spiro atoms. The van der Waals surface area contributed by atoms with Crippen molar-refractivity contribution in [1.82, 2.24) is 9.36 Å². The van der Waals surface area contributed by atoms with Crippen LogP contribution in [0.15, 0.2) is 24.3 Å². The molecule has 0 radical (unpaired) electrons. The van der Waals surface area contributed by atoms with E-state index in [1.165, 1.54) is 23.7 Å². The Kier molecular flexibility index (Phi) is 5.41. The van der Waals surface area contributed by atoms with E-state index in [1.807, 2.05) is 0 Å². The highest BCUT2D eigenvalue weighted by Gasteiger charge is 2.04. The molecule has 21 heavy (non-hydrogen) atoms. The van der Waals surface area contributed by atoms with E-state index in [-0.39, 0.29) is 5.69 Å². The van der Waals surface area contributed by atoms with Crippen molar-refractivity contribution in [1.29, 1.82) is 0 Å². The SMILES string of the molecule is COCc1nsc(NCCNc2ccc([N+](=O)[O-])cc2)n1. The highest BCUT2D eigenvalue weighted by molar-refractivity contribution is 7.09. The molecule has 0 saturated carbocycles. The standard InChI is InChI=1S/C12H15N5O3S/c1-20-8-11-15-12(21-16-11)14-7-6-13-9-2-4-10(5-3-9)17(18)19/h2-5,13H,6-8H2,1H3,(H,14,15,16). The maximum Gasteiger partial charge on any atom is 0.269 e. The first-order valence-corrected chi connectivity index (χ1v) is 7.00. The lowest BCUT2D eigenvalue weighted by Gasteiger charge is -2.06. The van der Waals surface area contributed by atoms with Crippen LogP contribution in [0.5, 0.6) is 0 Å². The van der Waals surface area contributed by atoms with Crippen LogP contribution >= 0.6 is 11.5 Å². The fourth-order valence-electron chi connectivity index (χ4n) is 1.59. The van der Waals surface area contributed by atoms with Gasteiger partial charge in [0.25, 0.3) is 5.69 Å². The van der Waals surface area contributed by atoms with E-state index >= 15 is 0 Å². The topological polar surface area (TPSA) is 102 Å². The van der Waals surface area contributed by atoms with Crippen molar-refractivity contribution in [3.63, 3.8) is 0 Å². The molecule has 0 bridgehead atoms. The lowest BCUT2D eigenvalue weighted by Crippen LogP contribution is -2.13. The number of hydrogen-bond acceptors (Lipinski definition) is 8. The summed E-state index contributed by atoms with van der Waals surface area (Å²) in [7, 11) is 1.60. The Morgan fingerprint density at radius 2 is 2.00 bits per heavy atom. The summed E-state index contributed by atoms with van der Waals surface area (Å²) in [5.41, 5.74) is 0.915. The van der Waals surface area contributed by atoms with Crippen LogP contribution < -0.4 is 10.6 Å². The number of methoxy groups -OCH3 is 1. The van der Waals surface area contributed by atoms with E-state index in [9.17, 15) is 10.1 Å². The zero-order chi connectivity index (χ0) is 15.1. The Balaban J connectivity index is 1.72. The molecule has 2 N–H and O–H groups in total. The predicted octanol–water partition coefficient (Wildman–Crippen LogP) is 2.12. The van der Waals surface area contributed by atoms with Gasteiger partial charge in [0.1, 0.15) is 6.61 Å². The number of aromatic nitrogens is 2. The van der Waals surface area contributed by atoms with E-state index in [4.69, 9.17) is 4.74 Å². The average Bonchev–Trinajstić information content (AvgIpc) is 2.92. The van der Waals surface area contributed by atoms with Crippen LogP contribution in [0.2, 0.25) is 0 Å². The van der Waals surface area contributed by atoms with Crippen molar-refractivity contribution < 1.29 is 9.66 Å². The number of benzene rings is 1. The number of nitro benzene ring substituents is 1. The molecule has 0 aliphatic rings. The third kappa shape index (κ3) is 4.65. The minimum Gasteiger partial charge on any atom is -0.383 e. The smallest absolute Gasteiger partial charge is 0.269 e. The van der Waals surface area contributed by atoms with Gasteiger partial charge in [0.15, 0.2) is 5.82 Å². The molecule has 0 atom stereocenters. The molecule has 1 aromatic heterocycles. The molecule has 0 amide bonds. The molecule has 112 valence electrons. The summed E-state index contributed by atoms with van der Waals surface area (Å²) in [6.07, 6.45) is 0. The summed E-state index contributed by atoms with van der Waals surface area (Å²) in [5.74, 6) is 0.660. The Morgan fingerprint density at radius 3 is 2.67 bits per heavy atom. The number of rotatable bonds is 8. The number of nitrogens with one attached hydrogen (secondary N) is 2. The summed E-state index contributed by atoms with van der Waals surface area (Å²) >= 11 is 1.29. The first kappa shape index (κ1) is 15.1. The number of hydrogen-bond donors (Lipinski definition) is 2. The van der Waals surface area contributed by atoms with Crippen molar-refractivity contribution in [3.8, 4) is 0 Å². The van der Waals surface area contributed by atoms with Crippen LogP contribution in [-0.2, 0) is 11.3 Å². The quantitative estimate of drug-likeness (QED) is 0.437. The summed E-state index contributed by atoms with van der Waals surface area (Å²) in [4.78, 5) is 14.4. The van der Waals surface area contributed by atoms with Gasteiger partial charge in [-0.25, -0.2) is 4.98 Å². The number of ether oxygens (including phenoxy) is 1. The molecule has 2 rings (SSSR count). The number of anilines is 2. The highest BCUT2D eigenvalue weighted by atomic mass is 32.1. The zero-order valence-corrected chi connectivity index (χ0v) is 12.2. The molecular weight excluding hydrogens is 294 g/mol. The molecule has 1 aromatic carbocycles. The monoisotopic (exact) mass is 309 g/mol. The molecular formula is C12H15N5O3S. The molecule has 0 fully saturated rings. The minimum atomic E-state index is -0.418. The third-order valence-electron chi connectivity index (χ3n) is 2.55. The van der Waals surface area contributed by atoms with Gasteiger partial charge in [0.2, 0.25) is 5.13 Å². The first-order valence-electron chi connectivity index (χ1n) is 6.23. The fraction of sp³-hybridized carbons (Fsp3) is 0.333. The van der Waals surface area contributed by atoms with E-state index in [0.717, 1.165) is 10.8 Å². The van der Waals surface area contributed by atoms with E-state index in [0.29, 0.717) is 25.5 Å². The lowest BCUT2D eigenvalue weighted by atomic mass is 10.3. The Labute approximate surface area is 125 Å². The molecule has 0 aliphatic carbocycles. The van der Waals surface area contributed by atoms with Gasteiger partial charge in [-0.15, -0.1) is 0 Å². The average molecular weight is 309 g/mol. The Bertz CT molecular complexity index is 587. The predicted molar refractivity (Wildman–Crippen MR) is 80.7 cm³/mol. The Morgan fingerprint density at radius 1 is 1.29 bits per heavy atom. The van der Waals surface area contributed by atoms with Crippen LogP contribution in [0, 0.1) is 10.1 Å². The van der Waals surface area contributed by atoms with Gasteiger partial charge in [0.05, 0.1) is 4.92 Å². The van der Waals surface area contributed by atoms with Crippen molar-refractivity contribution in [3.05, 3.63) is 40.2 Å². The molecule has 0 unspecified atom stereocenters. The van der Waals surface area contributed by atoms with E-state index in [1.54, 1.807) is 19.2 Å².